The van der Waals surface area contributed by atoms with Crippen LogP contribution in [0.4, 0.5) is 0 Å². The highest BCUT2D eigenvalue weighted by Gasteiger charge is 2.32. The van der Waals surface area contributed by atoms with Gasteiger partial charge in [0.1, 0.15) is 12.4 Å². The van der Waals surface area contributed by atoms with Gasteiger partial charge in [0.15, 0.2) is 0 Å². The van der Waals surface area contributed by atoms with E-state index in [1.165, 1.54) is 0 Å². The first-order valence-corrected chi connectivity index (χ1v) is 7.40. The predicted octanol–water partition coefficient (Wildman–Crippen LogP) is 5.13. The third-order valence-electron chi connectivity index (χ3n) is 2.95. The largest absolute Gasteiger partial charge is 0.489 e. The Kier molecular flexibility index (Phi) is 5.15. The first-order valence-electron chi connectivity index (χ1n) is 6.27. The van der Waals surface area contributed by atoms with Gasteiger partial charge in [0.05, 0.1) is 0 Å². The monoisotopic (exact) mass is 342 g/mol. The Morgan fingerprint density at radius 2 is 1.76 bits per heavy atom. The lowest BCUT2D eigenvalue weighted by molar-refractivity contribution is 0.0995. The number of alkyl halides is 3. The average Bonchev–Trinajstić information content (AvgIpc) is 2.45. The maximum Gasteiger partial charge on any atom is 0.253 e. The molecule has 0 aliphatic heterocycles. The maximum absolute atomic E-state index is 11.9. The van der Waals surface area contributed by atoms with Crippen molar-refractivity contribution in [1.29, 1.82) is 0 Å². The van der Waals surface area contributed by atoms with Gasteiger partial charge < -0.3 is 4.74 Å². The van der Waals surface area contributed by atoms with E-state index in [1.807, 2.05) is 30.3 Å². The summed E-state index contributed by atoms with van der Waals surface area (Å²) < 4.78 is 3.74. The quantitative estimate of drug-likeness (QED) is 0.568. The molecule has 0 N–H and O–H groups in total. The average molecular weight is 344 g/mol. The maximum atomic E-state index is 11.9. The summed E-state index contributed by atoms with van der Waals surface area (Å²) in [6.07, 6.45) is 0. The topological polar surface area (TPSA) is 26.3 Å². The van der Waals surface area contributed by atoms with E-state index >= 15 is 0 Å². The molecule has 0 aliphatic rings. The van der Waals surface area contributed by atoms with E-state index in [1.54, 1.807) is 25.1 Å². The Morgan fingerprint density at radius 3 is 2.33 bits per heavy atom. The minimum atomic E-state index is -1.95. The van der Waals surface area contributed by atoms with Crippen molar-refractivity contribution >= 4 is 40.6 Å². The van der Waals surface area contributed by atoms with Crippen LogP contribution in [0.5, 0.6) is 5.75 Å². The van der Waals surface area contributed by atoms with Crippen molar-refractivity contribution in [2.45, 2.75) is 17.3 Å². The van der Waals surface area contributed by atoms with Crippen LogP contribution in [0.15, 0.2) is 48.5 Å². The predicted molar refractivity (Wildman–Crippen MR) is 86.6 cm³/mol. The van der Waals surface area contributed by atoms with Crippen molar-refractivity contribution in [3.05, 3.63) is 65.2 Å². The molecule has 0 unspecified atom stereocenters. The lowest BCUT2D eigenvalue weighted by atomic mass is 10.1. The van der Waals surface area contributed by atoms with Crippen molar-refractivity contribution in [3.8, 4) is 5.75 Å². The number of aryl methyl sites for hydroxylation is 1. The van der Waals surface area contributed by atoms with Crippen LogP contribution in [-0.2, 0) is 6.61 Å². The number of Topliss-reactive ketones (excluding diaryl/α,β-unsaturated/α-hetero) is 1. The highest BCUT2D eigenvalue weighted by Crippen LogP contribution is 2.32. The second kappa shape index (κ2) is 6.69. The van der Waals surface area contributed by atoms with E-state index in [-0.39, 0.29) is 0 Å². The summed E-state index contributed by atoms with van der Waals surface area (Å²) in [6, 6.07) is 14.9. The van der Waals surface area contributed by atoms with E-state index in [2.05, 4.69) is 0 Å². The normalized spacial score (nSPS) is 11.2. The molecule has 2 rings (SSSR count). The van der Waals surface area contributed by atoms with Gasteiger partial charge in [-0.3, -0.25) is 4.79 Å². The molecule has 0 heterocycles. The SMILES string of the molecule is Cc1cc(OCc2ccccc2)ccc1C(=O)C(Cl)(Cl)Cl. The van der Waals surface area contributed by atoms with Crippen LogP contribution >= 0.6 is 34.8 Å². The van der Waals surface area contributed by atoms with Crippen molar-refractivity contribution in [1.82, 2.24) is 0 Å². The third kappa shape index (κ3) is 4.37. The Bertz CT molecular complexity index is 634. The van der Waals surface area contributed by atoms with Crippen LogP contribution in [0.3, 0.4) is 0 Å². The lowest BCUT2D eigenvalue weighted by Gasteiger charge is -2.13. The van der Waals surface area contributed by atoms with Gasteiger partial charge in [-0.15, -0.1) is 0 Å². The molecule has 0 bridgehead atoms. The summed E-state index contributed by atoms with van der Waals surface area (Å²) in [5, 5.41) is 0. The molecular formula is C16H13Cl3O2. The third-order valence-corrected chi connectivity index (χ3v) is 3.46. The summed E-state index contributed by atoms with van der Waals surface area (Å²) in [5.74, 6) is 0.122. The molecule has 0 saturated heterocycles. The molecule has 0 atom stereocenters. The minimum Gasteiger partial charge on any atom is -0.489 e. The molecule has 0 radical (unpaired) electrons. The second-order valence-electron chi connectivity index (χ2n) is 4.58. The van der Waals surface area contributed by atoms with Gasteiger partial charge in [-0.1, -0.05) is 65.1 Å². The Balaban J connectivity index is 2.11. The standard InChI is InChI=1S/C16H13Cl3O2/c1-11-9-13(21-10-12-5-3-2-4-6-12)7-8-14(11)15(20)16(17,18)19/h2-9H,10H2,1H3. The van der Waals surface area contributed by atoms with Gasteiger partial charge in [-0.25, -0.2) is 0 Å². The smallest absolute Gasteiger partial charge is 0.253 e. The number of ketones is 1. The number of rotatable bonds is 4. The molecular weight excluding hydrogens is 331 g/mol. The zero-order chi connectivity index (χ0) is 15.5. The van der Waals surface area contributed by atoms with Crippen LogP contribution in [0, 0.1) is 6.92 Å². The van der Waals surface area contributed by atoms with Crippen LogP contribution in [0.2, 0.25) is 0 Å². The van der Waals surface area contributed by atoms with E-state index in [9.17, 15) is 4.79 Å². The number of carbonyl (C=O) groups is 1. The molecule has 2 aromatic carbocycles. The second-order valence-corrected chi connectivity index (χ2v) is 6.86. The van der Waals surface area contributed by atoms with Crippen LogP contribution < -0.4 is 4.74 Å². The van der Waals surface area contributed by atoms with Crippen LogP contribution in [-0.4, -0.2) is 9.58 Å². The minimum absolute atomic E-state index is 0.377. The van der Waals surface area contributed by atoms with E-state index < -0.39 is 9.58 Å². The summed E-state index contributed by atoms with van der Waals surface area (Å²) in [7, 11) is 0. The summed E-state index contributed by atoms with van der Waals surface area (Å²) in [5.41, 5.74) is 2.15. The zero-order valence-corrected chi connectivity index (χ0v) is 13.5. The molecule has 0 amide bonds. The van der Waals surface area contributed by atoms with E-state index in [0.29, 0.717) is 23.5 Å². The first-order chi connectivity index (χ1) is 9.88. The van der Waals surface area contributed by atoms with Gasteiger partial charge in [0, 0.05) is 5.56 Å². The number of halogens is 3. The lowest BCUT2D eigenvalue weighted by Crippen LogP contribution is -2.19. The summed E-state index contributed by atoms with van der Waals surface area (Å²) >= 11 is 16.9. The van der Waals surface area contributed by atoms with Crippen molar-refractivity contribution < 1.29 is 9.53 Å². The number of benzene rings is 2. The van der Waals surface area contributed by atoms with Crippen LogP contribution in [0.25, 0.3) is 0 Å². The van der Waals surface area contributed by atoms with Crippen molar-refractivity contribution in [3.63, 3.8) is 0 Å². The molecule has 0 spiro atoms. The highest BCUT2D eigenvalue weighted by molar-refractivity contribution is 6.77. The summed E-state index contributed by atoms with van der Waals surface area (Å²) in [6.45, 7) is 2.23. The molecule has 110 valence electrons. The van der Waals surface area contributed by atoms with Crippen LogP contribution in [0.1, 0.15) is 21.5 Å². The number of carbonyl (C=O) groups excluding carboxylic acids is 1. The van der Waals surface area contributed by atoms with Crippen molar-refractivity contribution in [2.24, 2.45) is 0 Å². The number of ether oxygens (including phenoxy) is 1. The number of hydrogen-bond acceptors (Lipinski definition) is 2. The van der Waals surface area contributed by atoms with E-state index in [0.717, 1.165) is 5.56 Å². The molecule has 2 aromatic rings. The molecule has 0 fully saturated rings. The summed E-state index contributed by atoms with van der Waals surface area (Å²) in [4.78, 5) is 11.9. The Labute approximate surface area is 138 Å². The van der Waals surface area contributed by atoms with Crippen molar-refractivity contribution in [2.75, 3.05) is 0 Å². The van der Waals surface area contributed by atoms with Gasteiger partial charge in [-0.2, -0.15) is 0 Å². The molecule has 0 aliphatic carbocycles. The van der Waals surface area contributed by atoms with Gasteiger partial charge in [0.25, 0.3) is 3.79 Å². The molecule has 0 saturated carbocycles. The number of hydrogen-bond donors (Lipinski definition) is 0. The fourth-order valence-corrected chi connectivity index (χ4v) is 2.18. The Hall–Kier alpha value is -1.22. The van der Waals surface area contributed by atoms with Gasteiger partial charge >= 0.3 is 0 Å². The van der Waals surface area contributed by atoms with Gasteiger partial charge in [0.2, 0.25) is 5.78 Å². The van der Waals surface area contributed by atoms with Gasteiger partial charge in [-0.05, 0) is 36.2 Å². The Morgan fingerprint density at radius 1 is 1.10 bits per heavy atom. The molecule has 5 heteroatoms. The molecule has 2 nitrogen and oxygen atoms in total. The fourth-order valence-electron chi connectivity index (χ4n) is 1.87. The highest BCUT2D eigenvalue weighted by atomic mass is 35.6. The zero-order valence-electron chi connectivity index (χ0n) is 11.3. The first kappa shape index (κ1) is 16.2. The molecule has 0 aromatic heterocycles. The van der Waals surface area contributed by atoms with E-state index in [4.69, 9.17) is 39.5 Å². The molecule has 21 heavy (non-hydrogen) atoms. The fraction of sp³-hybridized carbons (Fsp3) is 0.188.